The van der Waals surface area contributed by atoms with Gasteiger partial charge in [0.05, 0.1) is 11.9 Å². The molecular formula is C19H14ClN5O. The number of pyridine rings is 1. The van der Waals surface area contributed by atoms with Crippen LogP contribution in [0.15, 0.2) is 67.3 Å². The number of carbonyl (C=O) groups is 1. The SMILES string of the molecule is O=C(NCc1ccncc1)c1cnn2c(-c3ccccc3Cl)ccnc12. The summed E-state index contributed by atoms with van der Waals surface area (Å²) in [7, 11) is 0. The molecule has 1 N–H and O–H groups in total. The largest absolute Gasteiger partial charge is 0.348 e. The second-order valence-corrected chi connectivity index (χ2v) is 6.05. The van der Waals surface area contributed by atoms with Crippen LogP contribution in [0, 0.1) is 0 Å². The normalized spacial score (nSPS) is 10.8. The number of rotatable bonds is 4. The van der Waals surface area contributed by atoms with E-state index in [1.807, 2.05) is 42.5 Å². The van der Waals surface area contributed by atoms with Gasteiger partial charge in [0, 0.05) is 35.7 Å². The van der Waals surface area contributed by atoms with Gasteiger partial charge in [-0.05, 0) is 29.8 Å². The smallest absolute Gasteiger partial charge is 0.257 e. The minimum absolute atomic E-state index is 0.236. The van der Waals surface area contributed by atoms with Gasteiger partial charge in [-0.2, -0.15) is 5.10 Å². The summed E-state index contributed by atoms with van der Waals surface area (Å²) < 4.78 is 1.63. The van der Waals surface area contributed by atoms with Gasteiger partial charge in [-0.3, -0.25) is 9.78 Å². The number of hydrogen-bond acceptors (Lipinski definition) is 4. The monoisotopic (exact) mass is 363 g/mol. The fourth-order valence-corrected chi connectivity index (χ4v) is 2.94. The number of halogens is 1. The lowest BCUT2D eigenvalue weighted by atomic mass is 10.1. The van der Waals surface area contributed by atoms with Crippen molar-refractivity contribution in [1.29, 1.82) is 0 Å². The van der Waals surface area contributed by atoms with Crippen molar-refractivity contribution in [3.05, 3.63) is 83.4 Å². The lowest BCUT2D eigenvalue weighted by Gasteiger charge is -2.07. The number of fused-ring (bicyclic) bond motifs is 1. The van der Waals surface area contributed by atoms with E-state index in [1.165, 1.54) is 6.20 Å². The Kier molecular flexibility index (Phi) is 4.33. The summed E-state index contributed by atoms with van der Waals surface area (Å²) in [4.78, 5) is 20.8. The maximum absolute atomic E-state index is 12.6. The van der Waals surface area contributed by atoms with E-state index in [-0.39, 0.29) is 5.91 Å². The van der Waals surface area contributed by atoms with E-state index in [0.717, 1.165) is 16.8 Å². The van der Waals surface area contributed by atoms with Crippen LogP contribution in [0.5, 0.6) is 0 Å². The van der Waals surface area contributed by atoms with Gasteiger partial charge in [0.15, 0.2) is 5.65 Å². The number of nitrogens with zero attached hydrogens (tertiary/aromatic N) is 4. The number of hydrogen-bond donors (Lipinski definition) is 1. The lowest BCUT2D eigenvalue weighted by molar-refractivity contribution is 0.0952. The molecule has 0 aliphatic carbocycles. The fraction of sp³-hybridized carbons (Fsp3) is 0.0526. The molecule has 0 radical (unpaired) electrons. The Morgan fingerprint density at radius 1 is 1.08 bits per heavy atom. The van der Waals surface area contributed by atoms with E-state index < -0.39 is 0 Å². The molecule has 4 rings (SSSR count). The third-order valence-electron chi connectivity index (χ3n) is 4.00. The molecule has 0 fully saturated rings. The van der Waals surface area contributed by atoms with E-state index in [9.17, 15) is 4.79 Å². The highest BCUT2D eigenvalue weighted by Crippen LogP contribution is 2.27. The molecule has 0 atom stereocenters. The standard InChI is InChI=1S/C19H14ClN5O/c20-16-4-2-1-3-14(16)17-7-10-22-18-15(12-24-25(17)18)19(26)23-11-13-5-8-21-9-6-13/h1-10,12H,11H2,(H,23,26). The minimum atomic E-state index is -0.236. The first kappa shape index (κ1) is 16.2. The van der Waals surface area contributed by atoms with Crippen LogP contribution in [0.1, 0.15) is 15.9 Å². The number of carbonyl (C=O) groups excluding carboxylic acids is 1. The maximum Gasteiger partial charge on any atom is 0.257 e. The van der Waals surface area contributed by atoms with Crippen molar-refractivity contribution in [2.45, 2.75) is 6.54 Å². The Hall–Kier alpha value is -3.25. The van der Waals surface area contributed by atoms with Crippen molar-refractivity contribution in [2.75, 3.05) is 0 Å². The van der Waals surface area contributed by atoms with E-state index in [0.29, 0.717) is 22.8 Å². The van der Waals surface area contributed by atoms with E-state index >= 15 is 0 Å². The highest BCUT2D eigenvalue weighted by Gasteiger charge is 2.16. The Morgan fingerprint density at radius 3 is 2.69 bits per heavy atom. The molecular weight excluding hydrogens is 350 g/mol. The Morgan fingerprint density at radius 2 is 1.88 bits per heavy atom. The fourth-order valence-electron chi connectivity index (χ4n) is 2.70. The Balaban J connectivity index is 1.66. The molecule has 128 valence electrons. The molecule has 0 unspecified atom stereocenters. The summed E-state index contributed by atoms with van der Waals surface area (Å²) in [5.41, 5.74) is 3.46. The van der Waals surface area contributed by atoms with Gasteiger partial charge in [-0.15, -0.1) is 0 Å². The molecule has 0 saturated carbocycles. The summed E-state index contributed by atoms with van der Waals surface area (Å²) >= 11 is 6.30. The number of nitrogens with one attached hydrogen (secondary N) is 1. The van der Waals surface area contributed by atoms with E-state index in [4.69, 9.17) is 11.6 Å². The summed E-state index contributed by atoms with van der Waals surface area (Å²) in [6.07, 6.45) is 6.54. The first-order valence-corrected chi connectivity index (χ1v) is 8.36. The van der Waals surface area contributed by atoms with Crippen molar-refractivity contribution in [3.8, 4) is 11.3 Å². The predicted octanol–water partition coefficient (Wildman–Crippen LogP) is 3.37. The zero-order valence-electron chi connectivity index (χ0n) is 13.6. The Bertz CT molecular complexity index is 1080. The zero-order valence-corrected chi connectivity index (χ0v) is 14.4. The third-order valence-corrected chi connectivity index (χ3v) is 4.33. The molecule has 0 aliphatic heterocycles. The molecule has 0 saturated heterocycles. The summed E-state index contributed by atoms with van der Waals surface area (Å²) in [6, 6.07) is 13.0. The summed E-state index contributed by atoms with van der Waals surface area (Å²) in [6.45, 7) is 0.406. The van der Waals surface area contributed by atoms with Crippen LogP contribution in [0.4, 0.5) is 0 Å². The highest BCUT2D eigenvalue weighted by atomic mass is 35.5. The first-order chi connectivity index (χ1) is 12.7. The third kappa shape index (κ3) is 3.02. The zero-order chi connectivity index (χ0) is 17.9. The van der Waals surface area contributed by atoms with Crippen molar-refractivity contribution < 1.29 is 4.79 Å². The van der Waals surface area contributed by atoms with Gasteiger partial charge in [0.1, 0.15) is 5.56 Å². The molecule has 3 heterocycles. The Labute approximate surface area is 154 Å². The minimum Gasteiger partial charge on any atom is -0.348 e. The van der Waals surface area contributed by atoms with Crippen LogP contribution in [-0.4, -0.2) is 25.5 Å². The van der Waals surface area contributed by atoms with Crippen molar-refractivity contribution in [2.24, 2.45) is 0 Å². The van der Waals surface area contributed by atoms with Gasteiger partial charge in [0.2, 0.25) is 0 Å². The van der Waals surface area contributed by atoms with Crippen molar-refractivity contribution >= 4 is 23.2 Å². The van der Waals surface area contributed by atoms with Gasteiger partial charge in [-0.25, -0.2) is 9.50 Å². The second-order valence-electron chi connectivity index (χ2n) is 5.64. The second kappa shape index (κ2) is 6.93. The number of benzene rings is 1. The van der Waals surface area contributed by atoms with E-state index in [2.05, 4.69) is 20.4 Å². The van der Waals surface area contributed by atoms with Crippen molar-refractivity contribution in [3.63, 3.8) is 0 Å². The molecule has 26 heavy (non-hydrogen) atoms. The van der Waals surface area contributed by atoms with Crippen LogP contribution < -0.4 is 5.32 Å². The number of amides is 1. The van der Waals surface area contributed by atoms with Crippen LogP contribution in [0.25, 0.3) is 16.9 Å². The topological polar surface area (TPSA) is 72.2 Å². The molecule has 1 aromatic carbocycles. The summed E-state index contributed by atoms with van der Waals surface area (Å²) in [5.74, 6) is -0.236. The van der Waals surface area contributed by atoms with Crippen molar-refractivity contribution in [1.82, 2.24) is 24.9 Å². The highest BCUT2D eigenvalue weighted by molar-refractivity contribution is 6.33. The van der Waals surface area contributed by atoms with E-state index in [1.54, 1.807) is 23.1 Å². The molecule has 3 aromatic heterocycles. The predicted molar refractivity (Wildman–Crippen MR) is 98.8 cm³/mol. The number of aromatic nitrogens is 4. The maximum atomic E-state index is 12.6. The van der Waals surface area contributed by atoms with Gasteiger partial charge >= 0.3 is 0 Å². The van der Waals surface area contributed by atoms with Crippen LogP contribution in [0.3, 0.4) is 0 Å². The van der Waals surface area contributed by atoms with Crippen LogP contribution >= 0.6 is 11.6 Å². The molecule has 4 aromatic rings. The molecule has 7 heteroatoms. The molecule has 0 aliphatic rings. The molecule has 0 bridgehead atoms. The van der Waals surface area contributed by atoms with Gasteiger partial charge < -0.3 is 5.32 Å². The van der Waals surface area contributed by atoms with Gasteiger partial charge in [0.25, 0.3) is 5.91 Å². The first-order valence-electron chi connectivity index (χ1n) is 7.99. The lowest BCUT2D eigenvalue weighted by Crippen LogP contribution is -2.22. The van der Waals surface area contributed by atoms with Crippen LogP contribution in [0.2, 0.25) is 5.02 Å². The average Bonchev–Trinajstić information content (AvgIpc) is 3.12. The molecule has 6 nitrogen and oxygen atoms in total. The summed E-state index contributed by atoms with van der Waals surface area (Å²) in [5, 5.41) is 7.83. The average molecular weight is 364 g/mol. The van der Waals surface area contributed by atoms with Gasteiger partial charge in [-0.1, -0.05) is 29.8 Å². The quantitative estimate of drug-likeness (QED) is 0.603. The molecule has 0 spiro atoms. The van der Waals surface area contributed by atoms with Crippen LogP contribution in [-0.2, 0) is 6.54 Å². The molecule has 1 amide bonds.